The fourth-order valence-corrected chi connectivity index (χ4v) is 4.70. The number of piperidine rings is 1. The molecular formula is C23H28ClN3O4S. The maximum Gasteiger partial charge on any atom is 0.261 e. The first-order chi connectivity index (χ1) is 15.2. The minimum atomic E-state index is -3.76. The Morgan fingerprint density at radius 2 is 1.75 bits per heavy atom. The Kier molecular flexibility index (Phi) is 7.79. The monoisotopic (exact) mass is 477 g/mol. The molecule has 2 amide bonds. The number of carbonyl (C=O) groups excluding carboxylic acids is 2. The molecule has 7 nitrogen and oxygen atoms in total. The van der Waals surface area contributed by atoms with Gasteiger partial charge in [-0.05, 0) is 67.3 Å². The number of halogens is 1. The molecule has 0 saturated carbocycles. The van der Waals surface area contributed by atoms with Gasteiger partial charge in [-0.15, -0.1) is 0 Å². The molecule has 0 radical (unpaired) electrons. The van der Waals surface area contributed by atoms with Gasteiger partial charge in [0, 0.05) is 35.9 Å². The summed E-state index contributed by atoms with van der Waals surface area (Å²) in [6.45, 7) is 5.68. The summed E-state index contributed by atoms with van der Waals surface area (Å²) < 4.78 is 27.5. The highest BCUT2D eigenvalue weighted by Crippen LogP contribution is 2.22. The van der Waals surface area contributed by atoms with Crippen molar-refractivity contribution in [3.05, 3.63) is 59.1 Å². The van der Waals surface area contributed by atoms with Crippen LogP contribution in [0.4, 0.5) is 5.69 Å². The molecule has 1 atom stereocenters. The molecule has 2 aromatic carbocycles. The van der Waals surface area contributed by atoms with E-state index in [9.17, 15) is 18.0 Å². The van der Waals surface area contributed by atoms with Gasteiger partial charge in [-0.3, -0.25) is 14.3 Å². The normalized spacial score (nSPS) is 16.6. The summed E-state index contributed by atoms with van der Waals surface area (Å²) in [7, 11) is -3.76. The number of carbonyl (C=O) groups is 2. The van der Waals surface area contributed by atoms with E-state index in [2.05, 4.69) is 10.0 Å². The van der Waals surface area contributed by atoms with Crippen LogP contribution in [0.15, 0.2) is 53.4 Å². The number of likely N-dealkylation sites (tertiary alicyclic amines) is 1. The third-order valence-corrected chi connectivity index (χ3v) is 6.92. The summed E-state index contributed by atoms with van der Waals surface area (Å²) in [5, 5.41) is 3.40. The fraction of sp³-hybridized carbons (Fsp3) is 0.391. The number of amides is 2. The Balaban J connectivity index is 1.63. The summed E-state index contributed by atoms with van der Waals surface area (Å²) in [6, 6.07) is 12.1. The van der Waals surface area contributed by atoms with Gasteiger partial charge >= 0.3 is 0 Å². The minimum Gasteiger partial charge on any atom is -0.356 e. The zero-order valence-electron chi connectivity index (χ0n) is 18.2. The number of sulfonamides is 1. The van der Waals surface area contributed by atoms with Crippen molar-refractivity contribution in [3.63, 3.8) is 0 Å². The Bertz CT molecular complexity index is 1050. The van der Waals surface area contributed by atoms with Gasteiger partial charge in [0.1, 0.15) is 0 Å². The molecule has 1 aliphatic heterocycles. The lowest BCUT2D eigenvalue weighted by atomic mass is 9.96. The summed E-state index contributed by atoms with van der Waals surface area (Å²) in [5.74, 6) is -0.0190. The quantitative estimate of drug-likeness (QED) is 0.634. The third-order valence-electron chi connectivity index (χ3n) is 5.27. The molecule has 0 aromatic heterocycles. The van der Waals surface area contributed by atoms with Crippen molar-refractivity contribution in [2.75, 3.05) is 24.4 Å². The molecule has 9 heteroatoms. The largest absolute Gasteiger partial charge is 0.356 e. The van der Waals surface area contributed by atoms with E-state index in [1.165, 1.54) is 24.3 Å². The van der Waals surface area contributed by atoms with E-state index >= 15 is 0 Å². The first-order valence-electron chi connectivity index (χ1n) is 10.6. The van der Waals surface area contributed by atoms with E-state index in [1.54, 1.807) is 29.2 Å². The van der Waals surface area contributed by atoms with Crippen LogP contribution in [0, 0.1) is 11.8 Å². The highest BCUT2D eigenvalue weighted by Gasteiger charge is 2.29. The molecule has 3 rings (SSSR count). The smallest absolute Gasteiger partial charge is 0.261 e. The Morgan fingerprint density at radius 3 is 2.38 bits per heavy atom. The molecule has 1 fully saturated rings. The van der Waals surface area contributed by atoms with Crippen LogP contribution in [0.2, 0.25) is 5.02 Å². The molecule has 172 valence electrons. The number of rotatable bonds is 7. The van der Waals surface area contributed by atoms with E-state index in [0.29, 0.717) is 41.8 Å². The van der Waals surface area contributed by atoms with Crippen LogP contribution in [0.3, 0.4) is 0 Å². The second-order valence-corrected chi connectivity index (χ2v) is 10.5. The first kappa shape index (κ1) is 24.1. The van der Waals surface area contributed by atoms with E-state index in [0.717, 1.165) is 12.8 Å². The number of nitrogens with zero attached hydrogens (tertiary/aromatic N) is 1. The third kappa shape index (κ3) is 6.23. The number of anilines is 1. The number of hydrogen-bond acceptors (Lipinski definition) is 4. The van der Waals surface area contributed by atoms with Crippen molar-refractivity contribution in [1.82, 2.24) is 10.2 Å². The number of hydrogen-bond donors (Lipinski definition) is 2. The Morgan fingerprint density at radius 1 is 1.09 bits per heavy atom. The Hall–Kier alpha value is -2.58. The van der Waals surface area contributed by atoms with Crippen molar-refractivity contribution >= 4 is 39.1 Å². The summed E-state index contributed by atoms with van der Waals surface area (Å²) >= 11 is 5.81. The van der Waals surface area contributed by atoms with Crippen LogP contribution in [0.5, 0.6) is 0 Å². The van der Waals surface area contributed by atoms with Gasteiger partial charge in [0.25, 0.3) is 15.9 Å². The molecule has 1 unspecified atom stereocenters. The van der Waals surface area contributed by atoms with E-state index in [1.807, 2.05) is 13.8 Å². The molecule has 1 aliphatic rings. The van der Waals surface area contributed by atoms with Gasteiger partial charge in [0.2, 0.25) is 5.91 Å². The number of nitrogens with one attached hydrogen (secondary N) is 2. The zero-order chi connectivity index (χ0) is 23.3. The van der Waals surface area contributed by atoms with Crippen LogP contribution in [0.1, 0.15) is 37.0 Å². The van der Waals surface area contributed by atoms with E-state index in [-0.39, 0.29) is 22.6 Å². The predicted octanol–water partition coefficient (Wildman–Crippen LogP) is 3.77. The number of benzene rings is 2. The van der Waals surface area contributed by atoms with E-state index in [4.69, 9.17) is 11.6 Å². The second-order valence-electron chi connectivity index (χ2n) is 8.37. The predicted molar refractivity (Wildman–Crippen MR) is 125 cm³/mol. The molecular weight excluding hydrogens is 450 g/mol. The van der Waals surface area contributed by atoms with E-state index < -0.39 is 10.0 Å². The maximum absolute atomic E-state index is 12.9. The summed E-state index contributed by atoms with van der Waals surface area (Å²) in [6.07, 6.45) is 1.53. The second kappa shape index (κ2) is 10.4. The van der Waals surface area contributed by atoms with Gasteiger partial charge < -0.3 is 10.2 Å². The minimum absolute atomic E-state index is 0.0110. The molecule has 0 aliphatic carbocycles. The first-order valence-corrected chi connectivity index (χ1v) is 12.5. The molecule has 2 N–H and O–H groups in total. The molecule has 0 spiro atoms. The van der Waals surface area contributed by atoms with Crippen LogP contribution < -0.4 is 10.0 Å². The van der Waals surface area contributed by atoms with Crippen molar-refractivity contribution < 1.29 is 18.0 Å². The highest BCUT2D eigenvalue weighted by atomic mass is 35.5. The van der Waals surface area contributed by atoms with Gasteiger partial charge in [0.15, 0.2) is 0 Å². The lowest BCUT2D eigenvalue weighted by Gasteiger charge is -2.32. The van der Waals surface area contributed by atoms with Crippen LogP contribution >= 0.6 is 11.6 Å². The van der Waals surface area contributed by atoms with Crippen molar-refractivity contribution in [3.8, 4) is 0 Å². The average molecular weight is 478 g/mol. The fourth-order valence-electron chi connectivity index (χ4n) is 3.52. The van der Waals surface area contributed by atoms with Gasteiger partial charge in [0.05, 0.1) is 10.8 Å². The van der Waals surface area contributed by atoms with Gasteiger partial charge in [-0.2, -0.15) is 0 Å². The topological polar surface area (TPSA) is 95.6 Å². The highest BCUT2D eigenvalue weighted by molar-refractivity contribution is 7.92. The average Bonchev–Trinajstić information content (AvgIpc) is 2.77. The molecule has 1 heterocycles. The summed E-state index contributed by atoms with van der Waals surface area (Å²) in [4.78, 5) is 27.1. The Labute approximate surface area is 194 Å². The molecule has 0 bridgehead atoms. The van der Waals surface area contributed by atoms with Crippen LogP contribution in [-0.2, 0) is 14.8 Å². The zero-order valence-corrected chi connectivity index (χ0v) is 19.7. The van der Waals surface area contributed by atoms with Gasteiger partial charge in [-0.1, -0.05) is 25.4 Å². The summed E-state index contributed by atoms with van der Waals surface area (Å²) in [5.41, 5.74) is 0.795. The van der Waals surface area contributed by atoms with Crippen molar-refractivity contribution in [2.24, 2.45) is 11.8 Å². The van der Waals surface area contributed by atoms with Crippen LogP contribution in [0.25, 0.3) is 0 Å². The SMILES string of the molecule is CC(C)CNC(=O)C1CCCN(C(=O)c2ccc(NS(=O)(=O)c3ccc(Cl)cc3)cc2)C1. The lowest BCUT2D eigenvalue weighted by molar-refractivity contribution is -0.126. The maximum atomic E-state index is 12.9. The lowest BCUT2D eigenvalue weighted by Crippen LogP contribution is -2.46. The molecule has 32 heavy (non-hydrogen) atoms. The molecule has 2 aromatic rings. The standard InChI is InChI=1S/C23H28ClN3O4S/c1-16(2)14-25-22(28)18-4-3-13-27(15-18)23(29)17-5-9-20(10-6-17)26-32(30,31)21-11-7-19(24)8-12-21/h5-12,16,18,26H,3-4,13-15H2,1-2H3,(H,25,28). The van der Waals surface area contributed by atoms with Crippen molar-refractivity contribution in [2.45, 2.75) is 31.6 Å². The van der Waals surface area contributed by atoms with Crippen molar-refractivity contribution in [1.29, 1.82) is 0 Å². The van der Waals surface area contributed by atoms with Crippen LogP contribution in [-0.4, -0.2) is 44.8 Å². The van der Waals surface area contributed by atoms with Gasteiger partial charge in [-0.25, -0.2) is 8.42 Å². The molecule has 1 saturated heterocycles.